The van der Waals surface area contributed by atoms with Gasteiger partial charge in [0.25, 0.3) is 5.91 Å². The number of fused-ring (bicyclic) bond motifs is 1. The number of hydrogen-bond acceptors (Lipinski definition) is 5. The Balaban J connectivity index is 2.57. The zero-order valence-corrected chi connectivity index (χ0v) is 12.8. The number of carbonyl (C=O) groups is 1. The van der Waals surface area contributed by atoms with E-state index in [2.05, 4.69) is 4.83 Å². The van der Waals surface area contributed by atoms with Crippen molar-refractivity contribution in [3.63, 3.8) is 0 Å². The van der Waals surface area contributed by atoms with Crippen molar-refractivity contribution in [2.75, 3.05) is 17.8 Å². The molecule has 0 aliphatic heterocycles. The molecule has 0 fully saturated rings. The number of sulfonamides is 1. The first kappa shape index (κ1) is 15.3. The molecule has 0 aliphatic carbocycles. The zero-order chi connectivity index (χ0) is 15.8. The second-order valence-electron chi connectivity index (χ2n) is 4.62. The summed E-state index contributed by atoms with van der Waals surface area (Å²) >= 11 is 0. The Labute approximate surface area is 122 Å². The maximum atomic E-state index is 11.7. The summed E-state index contributed by atoms with van der Waals surface area (Å²) in [4.78, 5) is 13.8. The molecule has 1 heterocycles. The maximum Gasteiger partial charge on any atom is 0.284 e. The molecular formula is C13H17N3O4S. The van der Waals surface area contributed by atoms with Crippen molar-refractivity contribution < 1.29 is 17.6 Å². The van der Waals surface area contributed by atoms with Crippen LogP contribution >= 0.6 is 0 Å². The summed E-state index contributed by atoms with van der Waals surface area (Å²) in [6, 6.07) is 5.14. The van der Waals surface area contributed by atoms with E-state index in [0.29, 0.717) is 22.2 Å². The van der Waals surface area contributed by atoms with E-state index in [1.807, 2.05) is 0 Å². The van der Waals surface area contributed by atoms with Gasteiger partial charge in [-0.1, -0.05) is 6.07 Å². The lowest BCUT2D eigenvalue weighted by atomic mass is 10.1. The monoisotopic (exact) mass is 311 g/mol. The Hall–Kier alpha value is -2.06. The molecule has 0 unspecified atom stereocenters. The summed E-state index contributed by atoms with van der Waals surface area (Å²) in [7, 11) is -1.82. The molecule has 1 aromatic heterocycles. The van der Waals surface area contributed by atoms with Crippen molar-refractivity contribution in [2.24, 2.45) is 5.73 Å². The lowest BCUT2D eigenvalue weighted by molar-refractivity contribution is 0.0975. The summed E-state index contributed by atoms with van der Waals surface area (Å²) < 4.78 is 28.8. The van der Waals surface area contributed by atoms with Crippen LogP contribution in [0.25, 0.3) is 11.0 Å². The molecule has 21 heavy (non-hydrogen) atoms. The van der Waals surface area contributed by atoms with Gasteiger partial charge in [-0.3, -0.25) is 9.80 Å². The lowest BCUT2D eigenvalue weighted by Crippen LogP contribution is -2.40. The molecule has 0 saturated heterocycles. The molecule has 3 N–H and O–H groups in total. The third-order valence-corrected chi connectivity index (χ3v) is 4.49. The van der Waals surface area contributed by atoms with Crippen LogP contribution in [-0.2, 0) is 10.0 Å². The third kappa shape index (κ3) is 2.86. The van der Waals surface area contributed by atoms with Gasteiger partial charge >= 0.3 is 0 Å². The largest absolute Gasteiger partial charge is 0.451 e. The molecule has 7 nitrogen and oxygen atoms in total. The van der Waals surface area contributed by atoms with Crippen LogP contribution in [0.5, 0.6) is 0 Å². The topological polar surface area (TPSA) is 106 Å². The first-order valence-corrected chi connectivity index (χ1v) is 7.97. The van der Waals surface area contributed by atoms with Gasteiger partial charge in [-0.05, 0) is 26.0 Å². The molecule has 114 valence electrons. The highest BCUT2D eigenvalue weighted by molar-refractivity contribution is 7.89. The fourth-order valence-electron chi connectivity index (χ4n) is 2.12. The molecule has 0 aliphatic rings. The van der Waals surface area contributed by atoms with Crippen molar-refractivity contribution in [2.45, 2.75) is 13.8 Å². The first-order valence-electron chi connectivity index (χ1n) is 6.32. The highest BCUT2D eigenvalue weighted by Crippen LogP contribution is 2.32. The number of anilines is 1. The van der Waals surface area contributed by atoms with Crippen LogP contribution in [0.2, 0.25) is 0 Å². The van der Waals surface area contributed by atoms with Gasteiger partial charge in [0.15, 0.2) is 5.76 Å². The summed E-state index contributed by atoms with van der Waals surface area (Å²) in [6.07, 6.45) is 0. The van der Waals surface area contributed by atoms with Crippen LogP contribution in [-0.4, -0.2) is 27.1 Å². The van der Waals surface area contributed by atoms with Gasteiger partial charge in [-0.2, -0.15) is 0 Å². The maximum absolute atomic E-state index is 11.7. The molecule has 0 atom stereocenters. The third-order valence-electron chi connectivity index (χ3n) is 3.17. The van der Waals surface area contributed by atoms with E-state index >= 15 is 0 Å². The van der Waals surface area contributed by atoms with Crippen LogP contribution < -0.4 is 15.6 Å². The van der Waals surface area contributed by atoms with Crippen LogP contribution in [0.4, 0.5) is 5.69 Å². The van der Waals surface area contributed by atoms with Gasteiger partial charge in [0, 0.05) is 18.0 Å². The number of rotatable bonds is 5. The minimum Gasteiger partial charge on any atom is -0.451 e. The second kappa shape index (κ2) is 5.38. The Bertz CT molecular complexity index is 795. The van der Waals surface area contributed by atoms with Crippen molar-refractivity contribution >= 4 is 32.6 Å². The number of nitrogens with zero attached hydrogens (tertiary/aromatic N) is 1. The zero-order valence-electron chi connectivity index (χ0n) is 12.0. The van der Waals surface area contributed by atoms with Gasteiger partial charge in [-0.15, -0.1) is 4.83 Å². The average molecular weight is 311 g/mol. The van der Waals surface area contributed by atoms with Crippen molar-refractivity contribution in [1.29, 1.82) is 0 Å². The summed E-state index contributed by atoms with van der Waals surface area (Å²) in [5, 5.41) is 2.03. The van der Waals surface area contributed by atoms with Crippen molar-refractivity contribution in [1.82, 2.24) is 4.83 Å². The van der Waals surface area contributed by atoms with Crippen LogP contribution in [0, 0.1) is 6.92 Å². The fourth-order valence-corrected chi connectivity index (χ4v) is 2.76. The number of benzene rings is 1. The van der Waals surface area contributed by atoms with E-state index in [4.69, 9.17) is 10.2 Å². The Morgan fingerprint density at radius 1 is 1.43 bits per heavy atom. The molecule has 8 heteroatoms. The minimum atomic E-state index is -3.40. The van der Waals surface area contributed by atoms with Gasteiger partial charge in [0.1, 0.15) is 5.58 Å². The number of carbonyl (C=O) groups excluding carboxylic acids is 1. The average Bonchev–Trinajstić information content (AvgIpc) is 2.76. The number of hydrogen-bond donors (Lipinski definition) is 2. The van der Waals surface area contributed by atoms with E-state index in [9.17, 15) is 13.2 Å². The molecule has 2 rings (SSSR count). The van der Waals surface area contributed by atoms with Crippen molar-refractivity contribution in [3.8, 4) is 0 Å². The van der Waals surface area contributed by atoms with E-state index in [1.54, 1.807) is 39.1 Å². The number of primary amides is 1. The molecular weight excluding hydrogens is 294 g/mol. The second-order valence-corrected chi connectivity index (χ2v) is 6.61. The number of amides is 1. The molecule has 0 spiro atoms. The van der Waals surface area contributed by atoms with Crippen LogP contribution in [0.1, 0.15) is 23.0 Å². The smallest absolute Gasteiger partial charge is 0.284 e. The van der Waals surface area contributed by atoms with E-state index in [-0.39, 0.29) is 11.5 Å². The molecule has 1 aromatic carbocycles. The lowest BCUT2D eigenvalue weighted by Gasteiger charge is -2.20. The quantitative estimate of drug-likeness (QED) is 0.805. The Kier molecular flexibility index (Phi) is 3.93. The van der Waals surface area contributed by atoms with Gasteiger partial charge < -0.3 is 10.2 Å². The predicted octanol–water partition coefficient (Wildman–Crippen LogP) is 1.13. The van der Waals surface area contributed by atoms with Crippen molar-refractivity contribution in [3.05, 3.63) is 29.5 Å². The van der Waals surface area contributed by atoms with Gasteiger partial charge in [0.2, 0.25) is 10.0 Å². The van der Waals surface area contributed by atoms with Gasteiger partial charge in [0.05, 0.1) is 11.4 Å². The molecule has 0 radical (unpaired) electrons. The molecule has 1 amide bonds. The summed E-state index contributed by atoms with van der Waals surface area (Å²) in [5.74, 6) is -0.625. The first-order chi connectivity index (χ1) is 9.76. The van der Waals surface area contributed by atoms with E-state index in [1.165, 1.54) is 5.01 Å². The number of nitrogens with one attached hydrogen (secondary N) is 1. The van der Waals surface area contributed by atoms with Crippen LogP contribution in [0.15, 0.2) is 22.6 Å². The highest BCUT2D eigenvalue weighted by Gasteiger charge is 2.20. The van der Waals surface area contributed by atoms with E-state index in [0.717, 1.165) is 0 Å². The van der Waals surface area contributed by atoms with Gasteiger partial charge in [-0.25, -0.2) is 8.42 Å². The predicted molar refractivity (Wildman–Crippen MR) is 80.5 cm³/mol. The number of nitrogens with two attached hydrogens (primary N) is 1. The number of furan rings is 1. The Morgan fingerprint density at radius 3 is 2.67 bits per heavy atom. The Morgan fingerprint density at radius 2 is 2.10 bits per heavy atom. The summed E-state index contributed by atoms with van der Waals surface area (Å²) in [6.45, 7) is 3.25. The molecule has 0 saturated carbocycles. The fraction of sp³-hybridized carbons (Fsp3) is 0.308. The molecule has 2 aromatic rings. The van der Waals surface area contributed by atoms with E-state index < -0.39 is 15.9 Å². The highest BCUT2D eigenvalue weighted by atomic mass is 32.2. The number of hydrazine groups is 1. The summed E-state index contributed by atoms with van der Waals surface area (Å²) in [5.41, 5.74) is 6.90. The SMILES string of the molecule is CCS(=O)(=O)NN(C)c1cccc2oc(C(N)=O)c(C)c12. The number of aryl methyl sites for hydroxylation is 1. The standard InChI is InChI=1S/C13H17N3O4S/c1-4-21(18,19)15-16(3)9-6-5-7-10-11(9)8(2)12(20-10)13(14)17/h5-7,15H,4H2,1-3H3,(H2,14,17). The molecule has 0 bridgehead atoms. The normalized spacial score (nSPS) is 11.8. The minimum absolute atomic E-state index is 0.0375. The van der Waals surface area contributed by atoms with Crippen LogP contribution in [0.3, 0.4) is 0 Å².